The van der Waals surface area contributed by atoms with Crippen LogP contribution in [0.5, 0.6) is 0 Å². The van der Waals surface area contributed by atoms with Gasteiger partial charge in [-0.25, -0.2) is 9.97 Å². The largest absolute Gasteiger partial charge is 0.273 e. The summed E-state index contributed by atoms with van der Waals surface area (Å²) in [5, 5.41) is 13.3. The molecule has 0 N–H and O–H groups in total. The number of fused-ring (bicyclic) bond motifs is 3. The number of para-hydroxylation sites is 1. The van der Waals surface area contributed by atoms with E-state index < -0.39 is 0 Å². The number of aromatic nitrogens is 2. The Morgan fingerprint density at radius 3 is 2.92 bits per heavy atom. The number of nitro groups is 1. The minimum Gasteiger partial charge on any atom is -0.258 e. The van der Waals surface area contributed by atoms with Gasteiger partial charge >= 0.3 is 0 Å². The molecule has 3 aromatic rings. The molecule has 5 nitrogen and oxygen atoms in total. The number of benzene rings is 1. The van der Waals surface area contributed by atoms with Crippen molar-refractivity contribution in [3.8, 4) is 0 Å². The van der Waals surface area contributed by atoms with Crippen LogP contribution in [0.25, 0.3) is 10.2 Å². The molecule has 122 valence electrons. The van der Waals surface area contributed by atoms with Crippen molar-refractivity contribution < 1.29 is 4.92 Å². The maximum absolute atomic E-state index is 11.2. The fourth-order valence-corrected chi connectivity index (χ4v) is 5.44. The summed E-state index contributed by atoms with van der Waals surface area (Å²) >= 11 is 3.33. The van der Waals surface area contributed by atoms with Crippen LogP contribution in [0.1, 0.15) is 28.8 Å². The summed E-state index contributed by atoms with van der Waals surface area (Å²) in [5.74, 6) is 0.536. The van der Waals surface area contributed by atoms with E-state index in [-0.39, 0.29) is 10.6 Å². The van der Waals surface area contributed by atoms with Gasteiger partial charge in [0, 0.05) is 27.6 Å². The Hall–Kier alpha value is -1.99. The van der Waals surface area contributed by atoms with Gasteiger partial charge in [0.2, 0.25) is 0 Å². The molecule has 0 atom stereocenters. The van der Waals surface area contributed by atoms with Crippen LogP contribution in [-0.4, -0.2) is 14.9 Å². The Kier molecular flexibility index (Phi) is 4.20. The lowest BCUT2D eigenvalue weighted by molar-refractivity contribution is -0.385. The van der Waals surface area contributed by atoms with Gasteiger partial charge in [0.15, 0.2) is 0 Å². The smallest absolute Gasteiger partial charge is 0.258 e. The summed E-state index contributed by atoms with van der Waals surface area (Å²) < 4.78 is 0. The van der Waals surface area contributed by atoms with Crippen LogP contribution in [0.15, 0.2) is 35.6 Å². The maximum atomic E-state index is 11.2. The lowest BCUT2D eigenvalue weighted by atomic mass is 9.97. The van der Waals surface area contributed by atoms with E-state index in [9.17, 15) is 10.1 Å². The molecule has 0 aliphatic heterocycles. The van der Waals surface area contributed by atoms with Crippen LogP contribution in [0, 0.1) is 10.1 Å². The first-order valence-corrected chi connectivity index (χ1v) is 9.64. The van der Waals surface area contributed by atoms with Crippen LogP contribution in [0.2, 0.25) is 0 Å². The minimum absolute atomic E-state index is 0.169. The molecule has 7 heteroatoms. The molecule has 24 heavy (non-hydrogen) atoms. The number of thioether (sulfide) groups is 1. The fourth-order valence-electron chi connectivity index (χ4n) is 3.13. The fraction of sp³-hybridized carbons (Fsp3) is 0.294. The SMILES string of the molecule is O=[N+]([O-])c1ccccc1CSc1ncnc2sc3c(c12)CCCC3. The molecule has 0 saturated heterocycles. The van der Waals surface area contributed by atoms with Crippen molar-refractivity contribution in [3.63, 3.8) is 0 Å². The van der Waals surface area contributed by atoms with Crippen molar-refractivity contribution in [2.24, 2.45) is 0 Å². The highest BCUT2D eigenvalue weighted by Crippen LogP contribution is 2.40. The van der Waals surface area contributed by atoms with E-state index in [1.54, 1.807) is 41.6 Å². The monoisotopic (exact) mass is 357 g/mol. The molecule has 0 radical (unpaired) electrons. The molecule has 2 heterocycles. The van der Waals surface area contributed by atoms with Gasteiger partial charge in [0.05, 0.1) is 4.92 Å². The first kappa shape index (κ1) is 15.5. The topological polar surface area (TPSA) is 68.9 Å². The van der Waals surface area contributed by atoms with E-state index >= 15 is 0 Å². The average Bonchev–Trinajstić information content (AvgIpc) is 2.99. The molecule has 4 rings (SSSR count). The van der Waals surface area contributed by atoms with E-state index in [0.717, 1.165) is 28.3 Å². The Bertz CT molecular complexity index is 923. The normalized spacial score (nSPS) is 13.8. The van der Waals surface area contributed by atoms with Crippen LogP contribution < -0.4 is 0 Å². The minimum atomic E-state index is -0.322. The predicted octanol–water partition coefficient (Wildman–Crippen LogP) is 4.77. The second kappa shape index (κ2) is 6.49. The van der Waals surface area contributed by atoms with Crippen LogP contribution in [-0.2, 0) is 18.6 Å². The van der Waals surface area contributed by atoms with Crippen molar-refractivity contribution in [2.75, 3.05) is 0 Å². The first-order valence-electron chi connectivity index (χ1n) is 7.84. The van der Waals surface area contributed by atoms with Gasteiger partial charge in [-0.1, -0.05) is 18.2 Å². The molecular weight excluding hydrogens is 342 g/mol. The van der Waals surface area contributed by atoms with E-state index in [1.807, 2.05) is 12.1 Å². The molecule has 1 aromatic carbocycles. The van der Waals surface area contributed by atoms with Crippen LogP contribution in [0.3, 0.4) is 0 Å². The zero-order valence-electron chi connectivity index (χ0n) is 12.9. The van der Waals surface area contributed by atoms with E-state index in [4.69, 9.17) is 0 Å². The molecule has 2 aromatic heterocycles. The van der Waals surface area contributed by atoms with Gasteiger partial charge in [-0.2, -0.15) is 0 Å². The standard InChI is InChI=1S/C17H15N3O2S2/c21-20(22)13-7-3-1-5-11(13)9-23-16-15-12-6-2-4-8-14(12)24-17(15)19-10-18-16/h1,3,5,7,10H,2,4,6,8-9H2. The molecule has 0 fully saturated rings. The Morgan fingerprint density at radius 1 is 1.21 bits per heavy atom. The summed E-state index contributed by atoms with van der Waals surface area (Å²) in [4.78, 5) is 22.2. The molecule has 1 aliphatic carbocycles. The lowest BCUT2D eigenvalue weighted by Crippen LogP contribution is -1.99. The van der Waals surface area contributed by atoms with Gasteiger partial charge in [-0.15, -0.1) is 23.1 Å². The summed E-state index contributed by atoms with van der Waals surface area (Å²) in [5.41, 5.74) is 2.29. The van der Waals surface area contributed by atoms with Crippen molar-refractivity contribution >= 4 is 39.0 Å². The molecular formula is C17H15N3O2S2. The van der Waals surface area contributed by atoms with Gasteiger partial charge in [0.1, 0.15) is 16.2 Å². The maximum Gasteiger partial charge on any atom is 0.273 e. The number of aryl methyl sites for hydroxylation is 2. The summed E-state index contributed by atoms with van der Waals surface area (Å²) in [6.07, 6.45) is 6.27. The van der Waals surface area contributed by atoms with E-state index in [1.165, 1.54) is 28.7 Å². The zero-order chi connectivity index (χ0) is 16.5. The molecule has 0 bridgehead atoms. The zero-order valence-corrected chi connectivity index (χ0v) is 14.5. The average molecular weight is 357 g/mol. The van der Waals surface area contributed by atoms with Crippen molar-refractivity contribution in [3.05, 3.63) is 56.7 Å². The third-order valence-corrected chi connectivity index (χ3v) is 6.51. The van der Waals surface area contributed by atoms with E-state index in [0.29, 0.717) is 5.75 Å². The second-order valence-electron chi connectivity index (χ2n) is 5.74. The van der Waals surface area contributed by atoms with Gasteiger partial charge < -0.3 is 0 Å². The Morgan fingerprint density at radius 2 is 2.04 bits per heavy atom. The molecule has 0 saturated carbocycles. The first-order chi connectivity index (χ1) is 11.7. The highest BCUT2D eigenvalue weighted by molar-refractivity contribution is 7.98. The molecule has 0 unspecified atom stereocenters. The number of nitro benzene ring substituents is 1. The third kappa shape index (κ3) is 2.78. The molecule has 0 amide bonds. The number of nitrogens with zero attached hydrogens (tertiary/aromatic N) is 3. The summed E-state index contributed by atoms with van der Waals surface area (Å²) in [7, 11) is 0. The second-order valence-corrected chi connectivity index (χ2v) is 7.79. The quantitative estimate of drug-likeness (QED) is 0.291. The number of thiophene rings is 1. The van der Waals surface area contributed by atoms with Crippen LogP contribution in [0.4, 0.5) is 5.69 Å². The van der Waals surface area contributed by atoms with Gasteiger partial charge in [-0.3, -0.25) is 10.1 Å². The highest BCUT2D eigenvalue weighted by Gasteiger charge is 2.20. The Balaban J connectivity index is 1.68. The van der Waals surface area contributed by atoms with Gasteiger partial charge in [0.25, 0.3) is 5.69 Å². The van der Waals surface area contributed by atoms with E-state index in [2.05, 4.69) is 9.97 Å². The lowest BCUT2D eigenvalue weighted by Gasteiger charge is -2.11. The van der Waals surface area contributed by atoms with Crippen LogP contribution >= 0.6 is 23.1 Å². The summed E-state index contributed by atoms with van der Waals surface area (Å²) in [6.45, 7) is 0. The van der Waals surface area contributed by atoms with Crippen molar-refractivity contribution in [2.45, 2.75) is 36.5 Å². The highest BCUT2D eigenvalue weighted by atomic mass is 32.2. The number of hydrogen-bond donors (Lipinski definition) is 0. The summed E-state index contributed by atoms with van der Waals surface area (Å²) in [6, 6.07) is 6.90. The molecule has 0 spiro atoms. The van der Waals surface area contributed by atoms with Crippen molar-refractivity contribution in [1.82, 2.24) is 9.97 Å². The molecule has 1 aliphatic rings. The number of hydrogen-bond acceptors (Lipinski definition) is 6. The van der Waals surface area contributed by atoms with Gasteiger partial charge in [-0.05, 0) is 31.2 Å². The predicted molar refractivity (Wildman–Crippen MR) is 96.7 cm³/mol. The van der Waals surface area contributed by atoms with Crippen molar-refractivity contribution in [1.29, 1.82) is 0 Å². The number of rotatable bonds is 4. The third-order valence-electron chi connectivity index (χ3n) is 4.27. The Labute approximate surface area is 147 Å².